The van der Waals surface area contributed by atoms with Gasteiger partial charge in [0.15, 0.2) is 0 Å². The van der Waals surface area contributed by atoms with Crippen molar-refractivity contribution in [2.45, 2.75) is 19.2 Å². The van der Waals surface area contributed by atoms with Crippen LogP contribution < -0.4 is 0 Å². The first-order valence-corrected chi connectivity index (χ1v) is 7.21. The Kier molecular flexibility index (Phi) is 3.42. The Bertz CT molecular complexity index is 476. The van der Waals surface area contributed by atoms with Crippen LogP contribution in [-0.2, 0) is 12.3 Å². The monoisotopic (exact) mass is 283 g/mol. The van der Waals surface area contributed by atoms with Crippen LogP contribution in [-0.4, -0.2) is 10.8 Å². The first-order chi connectivity index (χ1) is 7.26. The number of halogens is 1. The molecule has 0 saturated carbocycles. The van der Waals surface area contributed by atoms with Gasteiger partial charge in [0.2, 0.25) is 0 Å². The minimum atomic E-state index is 1.04. The lowest BCUT2D eigenvalue weighted by atomic mass is 10.2. The average molecular weight is 284 g/mol. The molecule has 1 nitrogen and oxygen atoms in total. The van der Waals surface area contributed by atoms with Crippen molar-refractivity contribution < 1.29 is 0 Å². The van der Waals surface area contributed by atoms with Gasteiger partial charge in [0.1, 0.15) is 0 Å². The van der Waals surface area contributed by atoms with Crippen LogP contribution in [0.15, 0.2) is 28.7 Å². The molecule has 0 fully saturated rings. The van der Waals surface area contributed by atoms with Gasteiger partial charge in [-0.25, -0.2) is 0 Å². The largest absolute Gasteiger partial charge is 0.344 e. The molecule has 0 amide bonds. The van der Waals surface area contributed by atoms with Crippen molar-refractivity contribution in [1.82, 2.24) is 4.57 Å². The molecular formula is C12H14BrNS. The van der Waals surface area contributed by atoms with E-state index in [1.54, 1.807) is 0 Å². The molecular weight excluding hydrogens is 270 g/mol. The third kappa shape index (κ3) is 2.08. The smallest absolute Gasteiger partial charge is 0.0483 e. The molecule has 0 saturated heterocycles. The molecule has 80 valence electrons. The number of benzene rings is 1. The summed E-state index contributed by atoms with van der Waals surface area (Å²) in [4.78, 5) is 0. The Hall–Kier alpha value is -0.410. The molecule has 0 spiro atoms. The molecule has 0 unspecified atom stereocenters. The van der Waals surface area contributed by atoms with Gasteiger partial charge < -0.3 is 4.57 Å². The quantitative estimate of drug-likeness (QED) is 0.814. The van der Waals surface area contributed by atoms with Gasteiger partial charge in [0, 0.05) is 33.4 Å². The SMILES string of the molecule is CCn1c(CSC)cc2cc(Br)ccc21. The summed E-state index contributed by atoms with van der Waals surface area (Å²) in [5.74, 6) is 1.08. The van der Waals surface area contributed by atoms with Crippen LogP contribution in [0, 0.1) is 0 Å². The summed E-state index contributed by atoms with van der Waals surface area (Å²) in [7, 11) is 0. The summed E-state index contributed by atoms with van der Waals surface area (Å²) in [6.45, 7) is 3.24. The number of hydrogen-bond donors (Lipinski definition) is 0. The van der Waals surface area contributed by atoms with Crippen LogP contribution >= 0.6 is 27.7 Å². The Labute approximate surface area is 103 Å². The Balaban J connectivity index is 2.62. The van der Waals surface area contributed by atoms with Crippen molar-refractivity contribution in [3.8, 4) is 0 Å². The second kappa shape index (κ2) is 4.62. The summed E-state index contributed by atoms with van der Waals surface area (Å²) < 4.78 is 3.54. The van der Waals surface area contributed by atoms with Crippen molar-refractivity contribution >= 4 is 38.6 Å². The highest BCUT2D eigenvalue weighted by atomic mass is 79.9. The fraction of sp³-hybridized carbons (Fsp3) is 0.333. The molecule has 0 atom stereocenters. The Morgan fingerprint density at radius 2 is 2.13 bits per heavy atom. The minimum Gasteiger partial charge on any atom is -0.344 e. The summed E-state index contributed by atoms with van der Waals surface area (Å²) in [5.41, 5.74) is 2.75. The van der Waals surface area contributed by atoms with E-state index in [9.17, 15) is 0 Å². The summed E-state index contributed by atoms with van der Waals surface area (Å²) in [6, 6.07) is 8.77. The molecule has 0 aliphatic rings. The van der Waals surface area contributed by atoms with E-state index in [0.717, 1.165) is 16.8 Å². The Morgan fingerprint density at radius 1 is 1.33 bits per heavy atom. The van der Waals surface area contributed by atoms with Crippen molar-refractivity contribution in [3.05, 3.63) is 34.4 Å². The topological polar surface area (TPSA) is 4.93 Å². The molecule has 0 radical (unpaired) electrons. The van der Waals surface area contributed by atoms with Crippen molar-refractivity contribution in [3.63, 3.8) is 0 Å². The fourth-order valence-corrected chi connectivity index (χ4v) is 2.85. The molecule has 3 heteroatoms. The zero-order valence-electron chi connectivity index (χ0n) is 8.96. The number of aryl methyl sites for hydroxylation is 1. The fourth-order valence-electron chi connectivity index (χ4n) is 1.94. The molecule has 2 aromatic rings. The van der Waals surface area contributed by atoms with E-state index in [0.29, 0.717) is 0 Å². The molecule has 1 aromatic carbocycles. The van der Waals surface area contributed by atoms with Crippen LogP contribution in [0.1, 0.15) is 12.6 Å². The molecule has 1 aromatic heterocycles. The highest BCUT2D eigenvalue weighted by molar-refractivity contribution is 9.10. The normalized spacial score (nSPS) is 11.1. The van der Waals surface area contributed by atoms with Gasteiger partial charge in [-0.1, -0.05) is 15.9 Å². The number of aromatic nitrogens is 1. The van der Waals surface area contributed by atoms with E-state index in [-0.39, 0.29) is 0 Å². The van der Waals surface area contributed by atoms with Gasteiger partial charge in [-0.15, -0.1) is 0 Å². The number of nitrogens with zero attached hydrogens (tertiary/aromatic N) is 1. The van der Waals surface area contributed by atoms with Gasteiger partial charge in [-0.2, -0.15) is 11.8 Å². The third-order valence-corrected chi connectivity index (χ3v) is 3.64. The van der Waals surface area contributed by atoms with Crippen molar-refractivity contribution in [1.29, 1.82) is 0 Å². The zero-order chi connectivity index (χ0) is 10.8. The van der Waals surface area contributed by atoms with Crippen LogP contribution in [0.3, 0.4) is 0 Å². The molecule has 1 heterocycles. The minimum absolute atomic E-state index is 1.04. The second-order valence-corrected chi connectivity index (χ2v) is 5.30. The van der Waals surface area contributed by atoms with E-state index in [4.69, 9.17) is 0 Å². The lowest BCUT2D eigenvalue weighted by Crippen LogP contribution is -1.98. The lowest BCUT2D eigenvalue weighted by molar-refractivity contribution is 0.766. The highest BCUT2D eigenvalue weighted by Crippen LogP contribution is 2.25. The highest BCUT2D eigenvalue weighted by Gasteiger charge is 2.06. The predicted molar refractivity (Wildman–Crippen MR) is 72.5 cm³/mol. The van der Waals surface area contributed by atoms with Gasteiger partial charge in [0.25, 0.3) is 0 Å². The number of rotatable bonds is 3. The van der Waals surface area contributed by atoms with E-state index in [1.807, 2.05) is 11.8 Å². The molecule has 0 N–H and O–H groups in total. The van der Waals surface area contributed by atoms with Crippen LogP contribution in [0.25, 0.3) is 10.9 Å². The number of thioether (sulfide) groups is 1. The summed E-state index contributed by atoms with van der Waals surface area (Å²) in [5, 5.41) is 1.33. The van der Waals surface area contributed by atoms with E-state index < -0.39 is 0 Å². The van der Waals surface area contributed by atoms with Crippen molar-refractivity contribution in [2.75, 3.05) is 6.26 Å². The van der Waals surface area contributed by atoms with E-state index in [2.05, 4.69) is 57.9 Å². The zero-order valence-corrected chi connectivity index (χ0v) is 11.4. The molecule has 2 rings (SSSR count). The van der Waals surface area contributed by atoms with Crippen LogP contribution in [0.5, 0.6) is 0 Å². The maximum atomic E-state index is 3.51. The maximum Gasteiger partial charge on any atom is 0.0483 e. The molecule has 0 aliphatic carbocycles. The van der Waals surface area contributed by atoms with Crippen LogP contribution in [0.2, 0.25) is 0 Å². The molecule has 0 bridgehead atoms. The standard InChI is InChI=1S/C12H14BrNS/c1-3-14-11(8-15-2)7-9-6-10(13)4-5-12(9)14/h4-7H,3,8H2,1-2H3. The first kappa shape index (κ1) is 11.1. The van der Waals surface area contributed by atoms with Crippen molar-refractivity contribution in [2.24, 2.45) is 0 Å². The van der Waals surface area contributed by atoms with Gasteiger partial charge in [-0.3, -0.25) is 0 Å². The summed E-state index contributed by atoms with van der Waals surface area (Å²) >= 11 is 5.38. The van der Waals surface area contributed by atoms with Gasteiger partial charge >= 0.3 is 0 Å². The van der Waals surface area contributed by atoms with E-state index >= 15 is 0 Å². The Morgan fingerprint density at radius 3 is 2.80 bits per heavy atom. The van der Waals surface area contributed by atoms with Gasteiger partial charge in [-0.05, 0) is 37.4 Å². The number of fused-ring (bicyclic) bond motifs is 1. The first-order valence-electron chi connectivity index (χ1n) is 5.03. The predicted octanol–water partition coefficient (Wildman–Crippen LogP) is 4.29. The summed E-state index contributed by atoms with van der Waals surface area (Å²) in [6.07, 6.45) is 2.15. The van der Waals surface area contributed by atoms with Gasteiger partial charge in [0.05, 0.1) is 0 Å². The van der Waals surface area contributed by atoms with E-state index in [1.165, 1.54) is 16.6 Å². The third-order valence-electron chi connectivity index (χ3n) is 2.56. The average Bonchev–Trinajstić information content (AvgIpc) is 2.54. The number of hydrogen-bond acceptors (Lipinski definition) is 1. The molecule has 0 aliphatic heterocycles. The second-order valence-electron chi connectivity index (χ2n) is 3.52. The lowest BCUT2D eigenvalue weighted by Gasteiger charge is -2.06. The maximum absolute atomic E-state index is 3.51. The van der Waals surface area contributed by atoms with Crippen LogP contribution in [0.4, 0.5) is 0 Å². The molecule has 15 heavy (non-hydrogen) atoms.